The molecule has 0 bridgehead atoms. The summed E-state index contributed by atoms with van der Waals surface area (Å²) in [6, 6.07) is 8.65. The Bertz CT molecular complexity index is 628. The molecule has 1 aromatic carbocycles. The summed E-state index contributed by atoms with van der Waals surface area (Å²) in [5.41, 5.74) is 7.69. The fraction of sp³-hybridized carbons (Fsp3) is 0.562. The Morgan fingerprint density at radius 3 is 2.77 bits per heavy atom. The molecule has 0 heterocycles. The van der Waals surface area contributed by atoms with E-state index in [1.54, 1.807) is 0 Å². The first-order chi connectivity index (χ1) is 10.4. The van der Waals surface area contributed by atoms with Crippen molar-refractivity contribution in [2.75, 3.05) is 25.1 Å². The molecule has 6 heteroatoms. The largest absolute Gasteiger partial charge is 0.370 e. The zero-order valence-electron chi connectivity index (χ0n) is 13.0. The second-order valence-corrected chi connectivity index (χ2v) is 8.26. The van der Waals surface area contributed by atoms with Crippen molar-refractivity contribution >= 4 is 15.7 Å². The van der Waals surface area contributed by atoms with Gasteiger partial charge >= 0.3 is 0 Å². The maximum atomic E-state index is 11.9. The van der Waals surface area contributed by atoms with E-state index in [0.717, 1.165) is 19.3 Å². The van der Waals surface area contributed by atoms with Crippen LogP contribution in [0.25, 0.3) is 0 Å². The van der Waals surface area contributed by atoms with Crippen molar-refractivity contribution in [1.82, 2.24) is 4.90 Å². The summed E-state index contributed by atoms with van der Waals surface area (Å²) in [6.07, 6.45) is 3.17. The monoisotopic (exact) mass is 324 g/mol. The number of benzene rings is 1. The predicted molar refractivity (Wildman–Crippen MR) is 87.2 cm³/mol. The molecule has 1 atom stereocenters. The van der Waals surface area contributed by atoms with Gasteiger partial charge in [-0.15, -0.1) is 0 Å². The van der Waals surface area contributed by atoms with Crippen molar-refractivity contribution in [2.45, 2.75) is 31.7 Å². The van der Waals surface area contributed by atoms with Crippen LogP contribution >= 0.6 is 0 Å². The highest BCUT2D eigenvalue weighted by Crippen LogP contribution is 2.33. The van der Waals surface area contributed by atoms with Crippen LogP contribution in [-0.2, 0) is 21.1 Å². The molecule has 22 heavy (non-hydrogen) atoms. The number of hydrogen-bond acceptors (Lipinski definition) is 4. The molecular formula is C16H24N2O3S. The van der Waals surface area contributed by atoms with Crippen molar-refractivity contribution in [1.29, 1.82) is 0 Å². The van der Waals surface area contributed by atoms with Crippen molar-refractivity contribution in [3.05, 3.63) is 35.4 Å². The first-order valence-corrected chi connectivity index (χ1v) is 9.48. The Kier molecular flexibility index (Phi) is 5.58. The Morgan fingerprint density at radius 2 is 2.05 bits per heavy atom. The second-order valence-electron chi connectivity index (χ2n) is 5.96. The number of primary amides is 1. The van der Waals surface area contributed by atoms with E-state index in [1.807, 2.05) is 13.1 Å². The van der Waals surface area contributed by atoms with E-state index in [2.05, 4.69) is 23.1 Å². The molecule has 122 valence electrons. The number of rotatable bonds is 7. The lowest BCUT2D eigenvalue weighted by Gasteiger charge is -2.33. The van der Waals surface area contributed by atoms with Gasteiger partial charge in [0.05, 0.1) is 11.5 Å². The first kappa shape index (κ1) is 17.0. The van der Waals surface area contributed by atoms with Gasteiger partial charge in [0.2, 0.25) is 5.91 Å². The number of carbonyl (C=O) groups excluding carboxylic acids is 1. The van der Waals surface area contributed by atoms with Gasteiger partial charge in [0, 0.05) is 19.0 Å². The molecule has 1 unspecified atom stereocenters. The van der Waals surface area contributed by atoms with Gasteiger partial charge in [-0.1, -0.05) is 24.3 Å². The van der Waals surface area contributed by atoms with Crippen molar-refractivity contribution < 1.29 is 13.2 Å². The van der Waals surface area contributed by atoms with Gasteiger partial charge in [-0.3, -0.25) is 9.69 Å². The lowest BCUT2D eigenvalue weighted by molar-refractivity contribution is -0.117. The highest BCUT2D eigenvalue weighted by atomic mass is 32.2. The van der Waals surface area contributed by atoms with Crippen LogP contribution in [0.15, 0.2) is 24.3 Å². The molecule has 0 saturated carbocycles. The van der Waals surface area contributed by atoms with Crippen LogP contribution in [0.5, 0.6) is 0 Å². The van der Waals surface area contributed by atoms with E-state index in [0.29, 0.717) is 6.54 Å². The lowest BCUT2D eigenvalue weighted by Crippen LogP contribution is -2.32. The van der Waals surface area contributed by atoms with Crippen LogP contribution < -0.4 is 5.73 Å². The fourth-order valence-corrected chi connectivity index (χ4v) is 4.27. The minimum absolute atomic E-state index is 0.0649. The topological polar surface area (TPSA) is 80.5 Å². The number of amides is 1. The van der Waals surface area contributed by atoms with E-state index >= 15 is 0 Å². The van der Waals surface area contributed by atoms with Gasteiger partial charge in [0.15, 0.2) is 9.84 Å². The van der Waals surface area contributed by atoms with Gasteiger partial charge in [-0.05, 0) is 37.4 Å². The number of aryl methyl sites for hydroxylation is 1. The molecule has 2 N–H and O–H groups in total. The molecule has 1 aliphatic rings. The summed E-state index contributed by atoms with van der Waals surface area (Å²) in [7, 11) is -1.26. The maximum Gasteiger partial charge on any atom is 0.218 e. The molecular weight excluding hydrogens is 300 g/mol. The van der Waals surface area contributed by atoms with E-state index in [-0.39, 0.29) is 24.0 Å². The molecule has 5 nitrogen and oxygen atoms in total. The van der Waals surface area contributed by atoms with E-state index in [4.69, 9.17) is 5.73 Å². The Morgan fingerprint density at radius 1 is 1.32 bits per heavy atom. The number of hydrogen-bond donors (Lipinski definition) is 1. The predicted octanol–water partition coefficient (Wildman–Crippen LogP) is 1.29. The quantitative estimate of drug-likeness (QED) is 0.819. The third kappa shape index (κ3) is 4.55. The number of nitrogens with two attached hydrogens (primary N) is 1. The van der Waals surface area contributed by atoms with Crippen LogP contribution in [0, 0.1) is 0 Å². The Labute approximate surface area is 132 Å². The molecule has 0 saturated heterocycles. The molecule has 0 fully saturated rings. The third-order valence-electron chi connectivity index (χ3n) is 4.28. The molecule has 0 spiro atoms. The molecule has 1 aromatic rings. The highest BCUT2D eigenvalue weighted by Gasteiger charge is 2.24. The minimum atomic E-state index is -3.23. The standard InChI is InChI=1S/C16H24N2O3S/c1-18(10-12-22(20,21)11-9-16(17)19)15-8-4-6-13-5-2-3-7-14(13)15/h2-3,5,7,15H,4,6,8-12H2,1H3,(H2,17,19). The molecule has 0 radical (unpaired) electrons. The molecule has 0 aliphatic heterocycles. The van der Waals surface area contributed by atoms with Crippen LogP contribution in [0.4, 0.5) is 0 Å². The van der Waals surface area contributed by atoms with E-state index in [9.17, 15) is 13.2 Å². The Hall–Kier alpha value is -1.40. The van der Waals surface area contributed by atoms with Gasteiger partial charge in [-0.2, -0.15) is 0 Å². The molecule has 0 aromatic heterocycles. The van der Waals surface area contributed by atoms with Crippen LogP contribution in [0.3, 0.4) is 0 Å². The highest BCUT2D eigenvalue weighted by molar-refractivity contribution is 7.91. The van der Waals surface area contributed by atoms with E-state index < -0.39 is 15.7 Å². The normalized spacial score (nSPS) is 18.2. The summed E-state index contributed by atoms with van der Waals surface area (Å²) in [6.45, 7) is 0.472. The second kappa shape index (κ2) is 7.24. The molecule has 2 rings (SSSR count). The third-order valence-corrected chi connectivity index (χ3v) is 5.92. The van der Waals surface area contributed by atoms with Gasteiger partial charge in [0.25, 0.3) is 0 Å². The first-order valence-electron chi connectivity index (χ1n) is 7.66. The Balaban J connectivity index is 1.96. The summed E-state index contributed by atoms with van der Waals surface area (Å²) in [5, 5.41) is 0. The number of sulfone groups is 1. The number of nitrogens with zero attached hydrogens (tertiary/aromatic N) is 1. The molecule has 1 aliphatic carbocycles. The fourth-order valence-electron chi connectivity index (χ4n) is 2.98. The van der Waals surface area contributed by atoms with Gasteiger partial charge in [-0.25, -0.2) is 8.42 Å². The van der Waals surface area contributed by atoms with Gasteiger partial charge < -0.3 is 5.73 Å². The number of carbonyl (C=O) groups is 1. The van der Waals surface area contributed by atoms with Gasteiger partial charge in [0.1, 0.15) is 0 Å². The van der Waals surface area contributed by atoms with Crippen molar-refractivity contribution in [2.24, 2.45) is 5.73 Å². The number of fused-ring (bicyclic) bond motifs is 1. The van der Waals surface area contributed by atoms with Crippen LogP contribution in [-0.4, -0.2) is 44.3 Å². The zero-order valence-corrected chi connectivity index (χ0v) is 13.8. The zero-order chi connectivity index (χ0) is 16.2. The minimum Gasteiger partial charge on any atom is -0.370 e. The van der Waals surface area contributed by atoms with Crippen molar-refractivity contribution in [3.8, 4) is 0 Å². The molecule has 1 amide bonds. The van der Waals surface area contributed by atoms with Crippen LogP contribution in [0.2, 0.25) is 0 Å². The van der Waals surface area contributed by atoms with E-state index in [1.165, 1.54) is 11.1 Å². The SMILES string of the molecule is CN(CCS(=O)(=O)CCC(N)=O)C1CCCc2ccccc21. The summed E-state index contributed by atoms with van der Waals surface area (Å²) < 4.78 is 23.9. The van der Waals surface area contributed by atoms with Crippen molar-refractivity contribution in [3.63, 3.8) is 0 Å². The smallest absolute Gasteiger partial charge is 0.218 e. The summed E-state index contributed by atoms with van der Waals surface area (Å²) in [4.78, 5) is 12.8. The van der Waals surface area contributed by atoms with Crippen LogP contribution in [0.1, 0.15) is 36.4 Å². The average Bonchev–Trinajstić information content (AvgIpc) is 2.50. The maximum absolute atomic E-state index is 11.9. The lowest BCUT2D eigenvalue weighted by atomic mass is 9.87. The average molecular weight is 324 g/mol. The summed E-state index contributed by atoms with van der Waals surface area (Å²) in [5.74, 6) is -0.662. The summed E-state index contributed by atoms with van der Waals surface area (Å²) >= 11 is 0.